The molecule has 2 aromatic rings. The zero-order valence-corrected chi connectivity index (χ0v) is 8.45. The summed E-state index contributed by atoms with van der Waals surface area (Å²) < 4.78 is 5.24. The maximum Gasteiger partial charge on any atom is 0.126 e. The quantitative estimate of drug-likeness (QED) is 0.576. The van der Waals surface area contributed by atoms with E-state index < -0.39 is 0 Å². The Bertz CT molecular complexity index is 520. The Hall–Kier alpha value is -2.03. The first-order valence-corrected chi connectivity index (χ1v) is 4.63. The molecule has 0 atom stereocenters. The van der Waals surface area contributed by atoms with E-state index in [0.29, 0.717) is 0 Å². The second-order valence-corrected chi connectivity index (χ2v) is 3.31. The van der Waals surface area contributed by atoms with Crippen LogP contribution in [-0.4, -0.2) is 12.9 Å². The monoisotopic (exact) mass is 200 g/mol. The van der Waals surface area contributed by atoms with Crippen LogP contribution in [0.5, 0.6) is 5.75 Å². The van der Waals surface area contributed by atoms with Crippen LogP contribution in [0.15, 0.2) is 36.4 Å². The third-order valence-electron chi connectivity index (χ3n) is 2.37. The molecule has 0 saturated heterocycles. The summed E-state index contributed by atoms with van der Waals surface area (Å²) in [4.78, 5) is 0. The summed E-state index contributed by atoms with van der Waals surface area (Å²) in [5.41, 5.74) is 6.16. The Balaban J connectivity index is 2.69. The van der Waals surface area contributed by atoms with Crippen LogP contribution in [0.3, 0.4) is 0 Å². The van der Waals surface area contributed by atoms with Gasteiger partial charge in [-0.2, -0.15) is 0 Å². The maximum absolute atomic E-state index is 7.36. The molecule has 0 radical (unpaired) electrons. The van der Waals surface area contributed by atoms with Crippen molar-refractivity contribution in [3.8, 4) is 5.75 Å². The van der Waals surface area contributed by atoms with E-state index in [0.717, 1.165) is 22.1 Å². The lowest BCUT2D eigenvalue weighted by molar-refractivity contribution is 0.420. The van der Waals surface area contributed by atoms with Gasteiger partial charge >= 0.3 is 0 Å². The fourth-order valence-corrected chi connectivity index (χ4v) is 1.60. The number of nitrogens with two attached hydrogens (primary N) is 1. The van der Waals surface area contributed by atoms with Crippen molar-refractivity contribution in [3.05, 3.63) is 42.0 Å². The first kappa shape index (κ1) is 9.52. The summed E-state index contributed by atoms with van der Waals surface area (Å²) in [5.74, 6) is 0.919. The summed E-state index contributed by atoms with van der Waals surface area (Å²) in [6.45, 7) is 0. The van der Waals surface area contributed by atoms with Gasteiger partial charge in [-0.05, 0) is 23.6 Å². The average molecular weight is 200 g/mol. The summed E-state index contributed by atoms with van der Waals surface area (Å²) in [5, 5.41) is 9.42. The van der Waals surface area contributed by atoms with Crippen LogP contribution in [0.4, 0.5) is 0 Å². The largest absolute Gasteiger partial charge is 0.496 e. The van der Waals surface area contributed by atoms with E-state index in [1.54, 1.807) is 7.11 Å². The van der Waals surface area contributed by atoms with E-state index in [1.165, 1.54) is 0 Å². The molecule has 0 heterocycles. The first-order valence-electron chi connectivity index (χ1n) is 4.63. The highest BCUT2D eigenvalue weighted by Gasteiger charge is 2.02. The van der Waals surface area contributed by atoms with E-state index in [9.17, 15) is 0 Å². The second kappa shape index (κ2) is 3.61. The highest BCUT2D eigenvalue weighted by atomic mass is 16.5. The number of nitrogen functional groups attached to an aromatic ring is 1. The normalized spacial score (nSPS) is 10.2. The molecular weight excluding hydrogens is 188 g/mol. The van der Waals surface area contributed by atoms with E-state index in [4.69, 9.17) is 15.9 Å². The number of fused-ring (bicyclic) bond motifs is 1. The Morgan fingerprint density at radius 3 is 2.73 bits per heavy atom. The molecule has 3 heteroatoms. The van der Waals surface area contributed by atoms with Crippen molar-refractivity contribution in [1.29, 1.82) is 5.41 Å². The molecule has 15 heavy (non-hydrogen) atoms. The van der Waals surface area contributed by atoms with Crippen molar-refractivity contribution in [2.75, 3.05) is 7.11 Å². The molecule has 76 valence electrons. The molecule has 0 bridgehead atoms. The van der Waals surface area contributed by atoms with Gasteiger partial charge in [0.05, 0.1) is 7.11 Å². The fourth-order valence-electron chi connectivity index (χ4n) is 1.60. The van der Waals surface area contributed by atoms with E-state index >= 15 is 0 Å². The number of hydrogen-bond acceptors (Lipinski definition) is 2. The predicted molar refractivity (Wildman–Crippen MR) is 61.5 cm³/mol. The molecular formula is C12H12N2O. The van der Waals surface area contributed by atoms with Gasteiger partial charge in [-0.15, -0.1) is 0 Å². The first-order chi connectivity index (χ1) is 7.22. The number of amidine groups is 1. The van der Waals surface area contributed by atoms with Crippen molar-refractivity contribution in [1.82, 2.24) is 0 Å². The van der Waals surface area contributed by atoms with Gasteiger partial charge in [-0.1, -0.05) is 18.2 Å². The molecule has 0 amide bonds. The SMILES string of the molecule is COc1cccc2cc(C(=N)N)ccc12. The number of benzene rings is 2. The summed E-state index contributed by atoms with van der Waals surface area (Å²) in [6, 6.07) is 11.4. The molecule has 2 rings (SSSR count). The summed E-state index contributed by atoms with van der Waals surface area (Å²) in [7, 11) is 1.65. The average Bonchev–Trinajstić information content (AvgIpc) is 2.27. The topological polar surface area (TPSA) is 59.1 Å². The molecule has 0 spiro atoms. The zero-order valence-electron chi connectivity index (χ0n) is 8.45. The van der Waals surface area contributed by atoms with Crippen molar-refractivity contribution in [3.63, 3.8) is 0 Å². The molecule has 0 aliphatic rings. The van der Waals surface area contributed by atoms with Crippen LogP contribution in [0.25, 0.3) is 10.8 Å². The standard InChI is InChI=1S/C12H12N2O/c1-15-11-4-2-3-8-7-9(12(13)14)5-6-10(8)11/h2-7H,1H3,(H3,13,14). The van der Waals surface area contributed by atoms with E-state index in [1.807, 2.05) is 36.4 Å². The molecule has 0 aromatic heterocycles. The van der Waals surface area contributed by atoms with Crippen LogP contribution in [0, 0.1) is 5.41 Å². The van der Waals surface area contributed by atoms with Gasteiger partial charge < -0.3 is 10.5 Å². The molecule has 0 aliphatic carbocycles. The van der Waals surface area contributed by atoms with Crippen molar-refractivity contribution >= 4 is 16.6 Å². The number of ether oxygens (including phenoxy) is 1. The van der Waals surface area contributed by atoms with Gasteiger partial charge in [0.1, 0.15) is 11.6 Å². The molecule has 3 N–H and O–H groups in total. The van der Waals surface area contributed by atoms with Crippen molar-refractivity contribution in [2.45, 2.75) is 0 Å². The summed E-state index contributed by atoms with van der Waals surface area (Å²) in [6.07, 6.45) is 0. The minimum Gasteiger partial charge on any atom is -0.496 e. The minimum atomic E-state index is 0.0831. The fraction of sp³-hybridized carbons (Fsp3) is 0.0833. The van der Waals surface area contributed by atoms with E-state index in [-0.39, 0.29) is 5.84 Å². The molecule has 0 aliphatic heterocycles. The maximum atomic E-state index is 7.36. The highest BCUT2D eigenvalue weighted by Crippen LogP contribution is 2.25. The molecule has 3 nitrogen and oxygen atoms in total. The Morgan fingerprint density at radius 2 is 2.07 bits per heavy atom. The van der Waals surface area contributed by atoms with Crippen LogP contribution in [0.2, 0.25) is 0 Å². The molecule has 0 fully saturated rings. The number of methoxy groups -OCH3 is 1. The Morgan fingerprint density at radius 1 is 1.27 bits per heavy atom. The van der Waals surface area contributed by atoms with E-state index in [2.05, 4.69) is 0 Å². The van der Waals surface area contributed by atoms with Gasteiger partial charge in [0.15, 0.2) is 0 Å². The lowest BCUT2D eigenvalue weighted by Gasteiger charge is -2.06. The third kappa shape index (κ3) is 1.64. The molecule has 2 aromatic carbocycles. The molecule has 0 saturated carbocycles. The minimum absolute atomic E-state index is 0.0831. The van der Waals surface area contributed by atoms with Gasteiger partial charge in [0.25, 0.3) is 0 Å². The van der Waals surface area contributed by atoms with Crippen molar-refractivity contribution in [2.24, 2.45) is 5.73 Å². The Labute approximate surface area is 88.0 Å². The van der Waals surface area contributed by atoms with Crippen LogP contribution in [0.1, 0.15) is 5.56 Å². The zero-order chi connectivity index (χ0) is 10.8. The van der Waals surface area contributed by atoms with Gasteiger partial charge in [0, 0.05) is 10.9 Å². The van der Waals surface area contributed by atoms with Gasteiger partial charge in [-0.3, -0.25) is 5.41 Å². The van der Waals surface area contributed by atoms with Gasteiger partial charge in [-0.25, -0.2) is 0 Å². The lowest BCUT2D eigenvalue weighted by atomic mass is 10.1. The number of rotatable bonds is 2. The molecule has 0 unspecified atom stereocenters. The number of nitrogens with one attached hydrogen (secondary N) is 1. The van der Waals surface area contributed by atoms with Crippen LogP contribution >= 0.6 is 0 Å². The van der Waals surface area contributed by atoms with Gasteiger partial charge in [0.2, 0.25) is 0 Å². The Kier molecular flexibility index (Phi) is 2.29. The smallest absolute Gasteiger partial charge is 0.126 e. The lowest BCUT2D eigenvalue weighted by Crippen LogP contribution is -2.10. The third-order valence-corrected chi connectivity index (χ3v) is 2.37. The predicted octanol–water partition coefficient (Wildman–Crippen LogP) is 2.13. The van der Waals surface area contributed by atoms with Crippen LogP contribution < -0.4 is 10.5 Å². The van der Waals surface area contributed by atoms with Crippen LogP contribution in [-0.2, 0) is 0 Å². The highest BCUT2D eigenvalue weighted by molar-refractivity contribution is 6.00. The second-order valence-electron chi connectivity index (χ2n) is 3.31. The number of hydrogen-bond donors (Lipinski definition) is 2. The summed E-state index contributed by atoms with van der Waals surface area (Å²) >= 11 is 0. The van der Waals surface area contributed by atoms with Crippen molar-refractivity contribution < 1.29 is 4.74 Å².